The van der Waals surface area contributed by atoms with E-state index >= 15 is 0 Å². The quantitative estimate of drug-likeness (QED) is 0.843. The standard InChI is InChI=1S/C19H23N5O2S/c1-11-16(13-7-8-21-14(10-13)12-4-2-5-12)27-18(22-11)23-19(26)24-9-3-6-15(24)17(20)25/h7-8,10,12,15H,2-6,9H2,1H3,(H2,20,25)(H,22,23,26). The number of nitrogens with one attached hydrogen (secondary N) is 1. The molecule has 4 rings (SSSR count). The fourth-order valence-corrected chi connectivity index (χ4v) is 4.66. The summed E-state index contributed by atoms with van der Waals surface area (Å²) >= 11 is 1.44. The number of anilines is 1. The molecule has 1 saturated heterocycles. The molecule has 27 heavy (non-hydrogen) atoms. The van der Waals surface area contributed by atoms with E-state index < -0.39 is 11.9 Å². The molecule has 0 spiro atoms. The van der Waals surface area contributed by atoms with Gasteiger partial charge in [0, 0.05) is 24.4 Å². The first kappa shape index (κ1) is 17.9. The number of nitrogens with two attached hydrogens (primary N) is 1. The molecule has 8 heteroatoms. The maximum atomic E-state index is 12.5. The zero-order valence-electron chi connectivity index (χ0n) is 15.3. The lowest BCUT2D eigenvalue weighted by atomic mass is 9.82. The highest BCUT2D eigenvalue weighted by Gasteiger charge is 2.33. The van der Waals surface area contributed by atoms with Crippen LogP contribution in [0.5, 0.6) is 0 Å². The molecule has 2 aliphatic rings. The summed E-state index contributed by atoms with van der Waals surface area (Å²) in [5.41, 5.74) is 8.49. The summed E-state index contributed by atoms with van der Waals surface area (Å²) in [6.45, 7) is 2.47. The van der Waals surface area contributed by atoms with Gasteiger partial charge in [0.25, 0.3) is 0 Å². The molecule has 3 N–H and O–H groups in total. The lowest BCUT2D eigenvalue weighted by molar-refractivity contribution is -0.121. The minimum Gasteiger partial charge on any atom is -0.368 e. The number of hydrogen-bond donors (Lipinski definition) is 2. The first-order valence-electron chi connectivity index (χ1n) is 9.33. The van der Waals surface area contributed by atoms with Crippen LogP contribution in [0.2, 0.25) is 0 Å². The van der Waals surface area contributed by atoms with E-state index in [9.17, 15) is 9.59 Å². The molecule has 3 heterocycles. The van der Waals surface area contributed by atoms with E-state index in [4.69, 9.17) is 5.73 Å². The van der Waals surface area contributed by atoms with Crippen molar-refractivity contribution in [2.24, 2.45) is 5.73 Å². The molecule has 0 radical (unpaired) electrons. The molecular formula is C19H23N5O2S. The average Bonchev–Trinajstić information content (AvgIpc) is 3.20. The van der Waals surface area contributed by atoms with Crippen LogP contribution in [0.4, 0.5) is 9.93 Å². The van der Waals surface area contributed by atoms with Crippen molar-refractivity contribution in [1.82, 2.24) is 14.9 Å². The van der Waals surface area contributed by atoms with Gasteiger partial charge in [-0.3, -0.25) is 15.1 Å². The Hall–Kier alpha value is -2.48. The van der Waals surface area contributed by atoms with E-state index in [2.05, 4.69) is 21.4 Å². The van der Waals surface area contributed by atoms with Crippen LogP contribution >= 0.6 is 11.3 Å². The number of carbonyl (C=O) groups is 2. The molecule has 3 amide bonds. The van der Waals surface area contributed by atoms with Crippen LogP contribution in [0.15, 0.2) is 18.3 Å². The first-order valence-corrected chi connectivity index (χ1v) is 10.2. The van der Waals surface area contributed by atoms with E-state index in [-0.39, 0.29) is 6.03 Å². The van der Waals surface area contributed by atoms with Crippen molar-refractivity contribution in [2.45, 2.75) is 51.0 Å². The second-order valence-electron chi connectivity index (χ2n) is 7.21. The van der Waals surface area contributed by atoms with Crippen molar-refractivity contribution < 1.29 is 9.59 Å². The smallest absolute Gasteiger partial charge is 0.324 e. The van der Waals surface area contributed by atoms with E-state index in [1.54, 1.807) is 0 Å². The van der Waals surface area contributed by atoms with Gasteiger partial charge in [0.2, 0.25) is 5.91 Å². The highest BCUT2D eigenvalue weighted by molar-refractivity contribution is 7.19. The third-order valence-electron chi connectivity index (χ3n) is 5.42. The Labute approximate surface area is 162 Å². The second kappa shape index (κ2) is 7.26. The minimum atomic E-state index is -0.532. The van der Waals surface area contributed by atoms with Gasteiger partial charge in [-0.15, -0.1) is 0 Å². The van der Waals surface area contributed by atoms with E-state index in [1.165, 1.54) is 35.5 Å². The number of amides is 3. The van der Waals surface area contributed by atoms with Gasteiger partial charge in [-0.05, 0) is 50.3 Å². The van der Waals surface area contributed by atoms with Crippen LogP contribution in [0, 0.1) is 6.92 Å². The molecule has 7 nitrogen and oxygen atoms in total. The monoisotopic (exact) mass is 385 g/mol. The van der Waals surface area contributed by atoms with Crippen molar-refractivity contribution in [3.8, 4) is 10.4 Å². The number of rotatable bonds is 4. The second-order valence-corrected chi connectivity index (χ2v) is 8.21. The molecule has 142 valence electrons. The summed E-state index contributed by atoms with van der Waals surface area (Å²) in [4.78, 5) is 35.6. The summed E-state index contributed by atoms with van der Waals surface area (Å²) in [6.07, 6.45) is 6.93. The number of likely N-dealkylation sites (tertiary alicyclic amines) is 1. The minimum absolute atomic E-state index is 0.318. The molecule has 0 bridgehead atoms. The van der Waals surface area contributed by atoms with Crippen molar-refractivity contribution >= 4 is 28.4 Å². The summed E-state index contributed by atoms with van der Waals surface area (Å²) in [7, 11) is 0. The molecule has 1 saturated carbocycles. The molecule has 1 aliphatic heterocycles. The first-order chi connectivity index (χ1) is 13.0. The van der Waals surface area contributed by atoms with Gasteiger partial charge in [-0.25, -0.2) is 9.78 Å². The van der Waals surface area contributed by atoms with Gasteiger partial charge in [-0.2, -0.15) is 0 Å². The number of thiazole rings is 1. The zero-order chi connectivity index (χ0) is 19.0. The largest absolute Gasteiger partial charge is 0.368 e. The maximum Gasteiger partial charge on any atom is 0.324 e. The lowest BCUT2D eigenvalue weighted by Gasteiger charge is -2.24. The van der Waals surface area contributed by atoms with Gasteiger partial charge in [0.1, 0.15) is 6.04 Å². The molecule has 2 aromatic heterocycles. The van der Waals surface area contributed by atoms with Gasteiger partial charge < -0.3 is 10.6 Å². The van der Waals surface area contributed by atoms with Crippen molar-refractivity contribution in [1.29, 1.82) is 0 Å². The highest BCUT2D eigenvalue weighted by Crippen LogP contribution is 2.38. The summed E-state index contributed by atoms with van der Waals surface area (Å²) in [5.74, 6) is 0.109. The van der Waals surface area contributed by atoms with Crippen LogP contribution in [0.3, 0.4) is 0 Å². The number of aryl methyl sites for hydroxylation is 1. The third-order valence-corrected chi connectivity index (χ3v) is 6.54. The fourth-order valence-electron chi connectivity index (χ4n) is 3.70. The van der Waals surface area contributed by atoms with Crippen LogP contribution in [-0.2, 0) is 4.79 Å². The van der Waals surface area contributed by atoms with E-state index in [0.717, 1.165) is 28.2 Å². The average molecular weight is 385 g/mol. The zero-order valence-corrected chi connectivity index (χ0v) is 16.1. The summed E-state index contributed by atoms with van der Waals surface area (Å²) < 4.78 is 0. The predicted octanol–water partition coefficient (Wildman–Crippen LogP) is 3.26. The number of hydrogen-bond acceptors (Lipinski definition) is 5. The number of pyridine rings is 1. The van der Waals surface area contributed by atoms with Gasteiger partial charge >= 0.3 is 6.03 Å². The Morgan fingerprint density at radius 3 is 2.81 bits per heavy atom. The number of nitrogens with zero attached hydrogens (tertiary/aromatic N) is 3. The molecular weight excluding hydrogens is 362 g/mol. The summed E-state index contributed by atoms with van der Waals surface area (Å²) in [5, 5.41) is 3.36. The van der Waals surface area contributed by atoms with Gasteiger partial charge in [0.05, 0.1) is 10.6 Å². The van der Waals surface area contributed by atoms with Crippen LogP contribution < -0.4 is 11.1 Å². The molecule has 0 aromatic carbocycles. The van der Waals surface area contributed by atoms with Gasteiger partial charge in [0.15, 0.2) is 5.13 Å². The predicted molar refractivity (Wildman–Crippen MR) is 105 cm³/mol. The van der Waals surface area contributed by atoms with Crippen LogP contribution in [-0.4, -0.2) is 39.4 Å². The van der Waals surface area contributed by atoms with Gasteiger partial charge in [-0.1, -0.05) is 17.8 Å². The third kappa shape index (κ3) is 3.53. The molecule has 2 fully saturated rings. The molecule has 1 aliphatic carbocycles. The Morgan fingerprint density at radius 2 is 2.11 bits per heavy atom. The SMILES string of the molecule is Cc1nc(NC(=O)N2CCCC2C(N)=O)sc1-c1ccnc(C2CCC2)c1. The normalized spacial score (nSPS) is 19.7. The van der Waals surface area contributed by atoms with E-state index in [1.807, 2.05) is 19.2 Å². The van der Waals surface area contributed by atoms with Crippen molar-refractivity contribution in [3.63, 3.8) is 0 Å². The topological polar surface area (TPSA) is 101 Å². The Kier molecular flexibility index (Phi) is 4.82. The lowest BCUT2D eigenvalue weighted by Crippen LogP contribution is -2.45. The molecule has 1 atom stereocenters. The number of primary amides is 1. The maximum absolute atomic E-state index is 12.5. The Bertz CT molecular complexity index is 877. The number of aromatic nitrogens is 2. The van der Waals surface area contributed by atoms with Crippen LogP contribution in [0.1, 0.15) is 49.4 Å². The molecule has 2 aromatic rings. The van der Waals surface area contributed by atoms with Crippen LogP contribution in [0.25, 0.3) is 10.4 Å². The fraction of sp³-hybridized carbons (Fsp3) is 0.474. The highest BCUT2D eigenvalue weighted by atomic mass is 32.1. The summed E-state index contributed by atoms with van der Waals surface area (Å²) in [6, 6.07) is 3.27. The Morgan fingerprint density at radius 1 is 1.30 bits per heavy atom. The number of carbonyl (C=O) groups excluding carboxylic acids is 2. The van der Waals surface area contributed by atoms with E-state index in [0.29, 0.717) is 24.0 Å². The molecule has 1 unspecified atom stereocenters. The van der Waals surface area contributed by atoms with Crippen molar-refractivity contribution in [3.05, 3.63) is 29.7 Å². The Balaban J connectivity index is 1.52. The number of urea groups is 1. The van der Waals surface area contributed by atoms with Crippen molar-refractivity contribution in [2.75, 3.05) is 11.9 Å².